The molecule has 6 unspecified atom stereocenters. The van der Waals surface area contributed by atoms with E-state index < -0.39 is 41.7 Å². The van der Waals surface area contributed by atoms with E-state index in [-0.39, 0.29) is 47.5 Å². The maximum atomic E-state index is 13.8. The molecule has 228 valence electrons. The highest BCUT2D eigenvalue weighted by molar-refractivity contribution is 8.02. The zero-order valence-corrected chi connectivity index (χ0v) is 26.5. The minimum atomic E-state index is -3.42. The number of thioether (sulfide) groups is 1. The van der Waals surface area contributed by atoms with Crippen molar-refractivity contribution in [1.82, 2.24) is 0 Å². The molecule has 3 heterocycles. The van der Waals surface area contributed by atoms with Crippen molar-refractivity contribution in [1.29, 1.82) is 0 Å². The van der Waals surface area contributed by atoms with Crippen LogP contribution in [0.4, 0.5) is 0 Å². The number of hydrogen-bond acceptors (Lipinski definition) is 9. The number of sulfone groups is 2. The van der Waals surface area contributed by atoms with Crippen LogP contribution in [-0.2, 0) is 38.9 Å². The van der Waals surface area contributed by atoms with Gasteiger partial charge >= 0.3 is 0 Å². The molecule has 9 rings (SSSR count). The predicted molar refractivity (Wildman–Crippen MR) is 160 cm³/mol. The minimum absolute atomic E-state index is 0.0138. The Morgan fingerprint density at radius 2 is 1.33 bits per heavy atom. The fourth-order valence-electron chi connectivity index (χ4n) is 9.77. The van der Waals surface area contributed by atoms with Crippen LogP contribution in [0.5, 0.6) is 0 Å². The molecule has 6 aliphatic carbocycles. The summed E-state index contributed by atoms with van der Waals surface area (Å²) in [7, 11) is -6.44. The Morgan fingerprint density at radius 3 is 1.81 bits per heavy atom. The molecule has 3 aliphatic heterocycles. The number of hydrogen-bond donors (Lipinski definition) is 0. The molecule has 0 aromatic rings. The van der Waals surface area contributed by atoms with Crippen LogP contribution in [0.1, 0.15) is 65.2 Å². The monoisotopic (exact) mass is 634 g/mol. The molecule has 0 amide bonds. The molecule has 6 bridgehead atoms. The number of fused-ring (bicyclic) bond motifs is 5. The van der Waals surface area contributed by atoms with E-state index in [0.29, 0.717) is 11.8 Å². The quantitative estimate of drug-likeness (QED) is 0.364. The summed E-state index contributed by atoms with van der Waals surface area (Å²) in [6.07, 6.45) is 9.52. The molecule has 1 saturated heterocycles. The molecule has 4 fully saturated rings. The normalized spacial score (nSPS) is 43.2. The van der Waals surface area contributed by atoms with E-state index in [9.17, 15) is 36.0 Å². The molecule has 0 aromatic carbocycles. The van der Waals surface area contributed by atoms with E-state index in [0.717, 1.165) is 61.2 Å². The van der Waals surface area contributed by atoms with E-state index in [1.54, 1.807) is 17.8 Å². The van der Waals surface area contributed by atoms with Gasteiger partial charge in [0.1, 0.15) is 5.78 Å². The lowest BCUT2D eigenvalue weighted by Crippen LogP contribution is -2.53. The van der Waals surface area contributed by atoms with E-state index >= 15 is 0 Å². The summed E-state index contributed by atoms with van der Waals surface area (Å²) in [5.74, 6) is 2.66. The summed E-state index contributed by atoms with van der Waals surface area (Å²) in [6, 6.07) is 0. The average Bonchev–Trinajstić information content (AvgIpc) is 3.10. The standard InChI is InChI=1S/C21H26O4S.C5H6O3S.C5H6OS/c1-20-15-12-6-10-5-11(7-12)9-13(8-10)16(15)21(2,19(20)23)18-17(20)14(22)3-4-26(18,24)25;6-5-1-3-9(7,8)4-2-5;6-5-1-3-7-4-2-5/h10-13,17-18H,3-9H2,1-2H3;1,3H,2,4H2;1,3H,2,4H2. The third-order valence-electron chi connectivity index (χ3n) is 11.1. The Hall–Kier alpha value is -1.85. The largest absolute Gasteiger partial charge is 0.299 e. The van der Waals surface area contributed by atoms with E-state index in [1.807, 2.05) is 19.3 Å². The van der Waals surface area contributed by atoms with Crippen LogP contribution >= 0.6 is 11.8 Å². The Bertz CT molecular complexity index is 1550. The van der Waals surface area contributed by atoms with Gasteiger partial charge in [-0.3, -0.25) is 19.2 Å². The zero-order valence-electron chi connectivity index (χ0n) is 24.0. The van der Waals surface area contributed by atoms with Gasteiger partial charge in [-0.25, -0.2) is 16.8 Å². The number of ketones is 4. The van der Waals surface area contributed by atoms with Gasteiger partial charge < -0.3 is 0 Å². The SMILES string of the molecule is CC12C(=O)C(C)(C3=C1C1CC4CC(C1)CC3C4)C1C2C(=O)CCS1(=O)=O.O=C1C=CS(=O)(=O)CC1.O=C1C=CSCC1. The fourth-order valence-corrected chi connectivity index (χ4v) is 14.0. The van der Waals surface area contributed by atoms with Crippen molar-refractivity contribution in [3.63, 3.8) is 0 Å². The van der Waals surface area contributed by atoms with Gasteiger partial charge in [-0.05, 0) is 87.2 Å². The lowest BCUT2D eigenvalue weighted by atomic mass is 9.62. The molecule has 0 radical (unpaired) electrons. The van der Waals surface area contributed by atoms with Crippen molar-refractivity contribution < 1.29 is 36.0 Å². The van der Waals surface area contributed by atoms with Crippen molar-refractivity contribution >= 4 is 54.6 Å². The smallest absolute Gasteiger partial charge is 0.172 e. The second kappa shape index (κ2) is 10.4. The first-order chi connectivity index (χ1) is 19.7. The molecule has 9 aliphatic rings. The van der Waals surface area contributed by atoms with Gasteiger partial charge in [-0.2, -0.15) is 0 Å². The van der Waals surface area contributed by atoms with Crippen LogP contribution in [0.2, 0.25) is 0 Å². The minimum Gasteiger partial charge on any atom is -0.299 e. The number of rotatable bonds is 0. The number of carbonyl (C=O) groups is 4. The molecule has 6 atom stereocenters. The summed E-state index contributed by atoms with van der Waals surface area (Å²) >= 11 is 1.70. The van der Waals surface area contributed by atoms with E-state index in [2.05, 4.69) is 0 Å². The van der Waals surface area contributed by atoms with Gasteiger partial charge in [-0.15, -0.1) is 11.8 Å². The maximum Gasteiger partial charge on any atom is 0.172 e. The van der Waals surface area contributed by atoms with Gasteiger partial charge in [0.25, 0.3) is 0 Å². The number of Topliss-reactive ketones (excluding diaryl/α,β-unsaturated/α-hetero) is 2. The van der Waals surface area contributed by atoms with Crippen LogP contribution in [0.15, 0.2) is 34.1 Å². The highest BCUT2D eigenvalue weighted by Crippen LogP contribution is 2.73. The lowest BCUT2D eigenvalue weighted by molar-refractivity contribution is -0.133. The third kappa shape index (κ3) is 4.67. The molecule has 8 nitrogen and oxygen atoms in total. The first kappa shape index (κ1) is 30.2. The highest BCUT2D eigenvalue weighted by Gasteiger charge is 2.78. The van der Waals surface area contributed by atoms with Gasteiger partial charge in [0.15, 0.2) is 37.0 Å². The summed E-state index contributed by atoms with van der Waals surface area (Å²) in [5, 5.41) is 2.02. The molecular formula is C31H38O8S3. The number of carbonyl (C=O) groups excluding carboxylic acids is 4. The van der Waals surface area contributed by atoms with E-state index in [1.165, 1.54) is 17.6 Å². The Labute approximate surface area is 252 Å². The Balaban J connectivity index is 0.000000162. The highest BCUT2D eigenvalue weighted by atomic mass is 32.2. The van der Waals surface area contributed by atoms with Gasteiger partial charge in [0.05, 0.1) is 33.5 Å². The second-order valence-corrected chi connectivity index (χ2v) is 18.9. The van der Waals surface area contributed by atoms with E-state index in [4.69, 9.17) is 0 Å². The summed E-state index contributed by atoms with van der Waals surface area (Å²) < 4.78 is 47.3. The number of allylic oxidation sites excluding steroid dienone is 4. The molecule has 11 heteroatoms. The summed E-state index contributed by atoms with van der Waals surface area (Å²) in [6.45, 7) is 3.83. The van der Waals surface area contributed by atoms with Gasteiger partial charge in [-0.1, -0.05) is 11.1 Å². The van der Waals surface area contributed by atoms with Crippen molar-refractivity contribution in [2.75, 3.05) is 17.3 Å². The van der Waals surface area contributed by atoms with Crippen LogP contribution < -0.4 is 0 Å². The molecule has 3 saturated carbocycles. The topological polar surface area (TPSA) is 137 Å². The van der Waals surface area contributed by atoms with Crippen LogP contribution in [0.3, 0.4) is 0 Å². The van der Waals surface area contributed by atoms with Crippen LogP contribution in [0.25, 0.3) is 0 Å². The maximum absolute atomic E-state index is 13.8. The first-order valence-electron chi connectivity index (χ1n) is 15.0. The Morgan fingerprint density at radius 1 is 0.738 bits per heavy atom. The molecule has 42 heavy (non-hydrogen) atoms. The predicted octanol–water partition coefficient (Wildman–Crippen LogP) is 3.81. The van der Waals surface area contributed by atoms with Gasteiger partial charge in [0, 0.05) is 30.4 Å². The molecule has 0 N–H and O–H groups in total. The third-order valence-corrected chi connectivity index (χ3v) is 15.5. The molecule has 0 aromatic heterocycles. The van der Waals surface area contributed by atoms with Crippen LogP contribution in [0, 0.1) is 40.4 Å². The lowest BCUT2D eigenvalue weighted by Gasteiger charge is -2.44. The molecular weight excluding hydrogens is 597 g/mol. The average molecular weight is 635 g/mol. The van der Waals surface area contributed by atoms with Crippen LogP contribution in [-0.4, -0.2) is 62.5 Å². The van der Waals surface area contributed by atoms with Crippen molar-refractivity contribution in [2.24, 2.45) is 40.4 Å². The van der Waals surface area contributed by atoms with Crippen molar-refractivity contribution in [3.05, 3.63) is 34.1 Å². The Kier molecular flexibility index (Phi) is 7.45. The summed E-state index contributed by atoms with van der Waals surface area (Å²) in [4.78, 5) is 47.5. The first-order valence-corrected chi connectivity index (χ1v) is 19.4. The van der Waals surface area contributed by atoms with Crippen molar-refractivity contribution in [3.8, 4) is 0 Å². The van der Waals surface area contributed by atoms with Gasteiger partial charge in [0.2, 0.25) is 0 Å². The molecule has 0 spiro atoms. The fraction of sp³-hybridized carbons (Fsp3) is 0.677. The zero-order chi connectivity index (χ0) is 30.2. The van der Waals surface area contributed by atoms with Crippen molar-refractivity contribution in [2.45, 2.75) is 70.5 Å². The second-order valence-electron chi connectivity index (χ2n) is 13.6. The summed E-state index contributed by atoms with van der Waals surface area (Å²) in [5.41, 5.74) is 0.627.